The van der Waals surface area contributed by atoms with Gasteiger partial charge in [-0.05, 0) is 30.3 Å². The van der Waals surface area contributed by atoms with Crippen LogP contribution in [0.1, 0.15) is 43.4 Å². The first kappa shape index (κ1) is 23.3. The Labute approximate surface area is 192 Å². The molecule has 3 rings (SSSR count). The first-order valence-corrected chi connectivity index (χ1v) is 10.3. The quantitative estimate of drug-likeness (QED) is 0.459. The minimum atomic E-state index is -0.0493. The number of hydrogen-bond acceptors (Lipinski definition) is 9. The summed E-state index contributed by atoms with van der Waals surface area (Å²) in [5.41, 5.74) is 17.4. The minimum Gasteiger partial charge on any atom is -0.495 e. The lowest BCUT2D eigenvalue weighted by atomic mass is 9.91. The Morgan fingerprint density at radius 3 is 2.64 bits per heavy atom. The van der Waals surface area contributed by atoms with Crippen molar-refractivity contribution in [2.45, 2.75) is 32.7 Å². The van der Waals surface area contributed by atoms with Crippen LogP contribution in [-0.4, -0.2) is 22.1 Å². The second-order valence-corrected chi connectivity index (χ2v) is 8.28. The van der Waals surface area contributed by atoms with E-state index in [0.29, 0.717) is 34.8 Å². The molecule has 168 valence electrons. The second kappa shape index (κ2) is 9.87. The molecule has 33 heavy (non-hydrogen) atoms. The van der Waals surface area contributed by atoms with Crippen LogP contribution in [0.3, 0.4) is 0 Å². The van der Waals surface area contributed by atoms with Gasteiger partial charge in [0.2, 0.25) is 5.95 Å². The molecule has 2 heterocycles. The molecule has 0 saturated carbocycles. The van der Waals surface area contributed by atoms with E-state index in [9.17, 15) is 5.26 Å². The highest BCUT2D eigenvalue weighted by molar-refractivity contribution is 5.74. The fourth-order valence-corrected chi connectivity index (χ4v) is 3.19. The van der Waals surface area contributed by atoms with Crippen LogP contribution in [0.5, 0.6) is 5.75 Å². The van der Waals surface area contributed by atoms with Gasteiger partial charge in [-0.15, -0.1) is 0 Å². The zero-order valence-corrected chi connectivity index (χ0v) is 19.0. The van der Waals surface area contributed by atoms with E-state index in [0.717, 1.165) is 11.4 Å². The summed E-state index contributed by atoms with van der Waals surface area (Å²) in [5, 5.41) is 16.1. The molecule has 0 unspecified atom stereocenters. The first-order chi connectivity index (χ1) is 15.8. The van der Waals surface area contributed by atoms with Crippen molar-refractivity contribution in [2.75, 3.05) is 12.8 Å². The molecule has 3 aromatic rings. The third kappa shape index (κ3) is 5.49. The lowest BCUT2D eigenvalue weighted by Gasteiger charge is -2.18. The van der Waals surface area contributed by atoms with Crippen molar-refractivity contribution < 1.29 is 4.74 Å². The summed E-state index contributed by atoms with van der Waals surface area (Å²) in [6, 6.07) is 14.8. The summed E-state index contributed by atoms with van der Waals surface area (Å²) in [4.78, 5) is 13.2. The van der Waals surface area contributed by atoms with Gasteiger partial charge in [0.05, 0.1) is 36.3 Å². The number of nitrogens with two attached hydrogens (primary N) is 1. The molecule has 0 atom stereocenters. The number of benzene rings is 1. The normalized spacial score (nSPS) is 11.5. The van der Waals surface area contributed by atoms with Gasteiger partial charge in [-0.2, -0.15) is 10.4 Å². The fraction of sp³-hybridized carbons (Fsp3) is 0.250. The molecule has 0 radical (unpaired) electrons. The lowest BCUT2D eigenvalue weighted by molar-refractivity contribution is 0.415. The van der Waals surface area contributed by atoms with Crippen molar-refractivity contribution in [3.8, 4) is 23.1 Å². The minimum absolute atomic E-state index is 0.0148. The van der Waals surface area contributed by atoms with Gasteiger partial charge in [0.15, 0.2) is 0 Å². The molecule has 4 N–H and O–H groups in total. The van der Waals surface area contributed by atoms with Crippen molar-refractivity contribution >= 4 is 11.6 Å². The van der Waals surface area contributed by atoms with E-state index in [2.05, 4.69) is 52.2 Å². The van der Waals surface area contributed by atoms with Crippen molar-refractivity contribution in [3.63, 3.8) is 0 Å². The number of hydrogen-bond donors (Lipinski definition) is 3. The molecule has 0 amide bonds. The molecule has 9 nitrogen and oxygen atoms in total. The van der Waals surface area contributed by atoms with Crippen LogP contribution in [0.25, 0.3) is 17.0 Å². The SMILES string of the molecule is COc1c(C#N)cccc1-c1cc(/C(=C/NCc2cccc(C(C)(C)C)n2)N=N)nc(N)n1. The predicted octanol–water partition coefficient (Wildman–Crippen LogP) is 4.42. The average Bonchev–Trinajstić information content (AvgIpc) is 2.80. The van der Waals surface area contributed by atoms with E-state index in [4.69, 9.17) is 16.0 Å². The average molecular weight is 443 g/mol. The molecule has 0 aliphatic heterocycles. The van der Waals surface area contributed by atoms with E-state index >= 15 is 0 Å². The Balaban J connectivity index is 1.90. The van der Waals surface area contributed by atoms with Crippen LogP contribution in [-0.2, 0) is 12.0 Å². The number of nitrogen functional groups attached to an aromatic ring is 1. The van der Waals surface area contributed by atoms with Crippen LogP contribution >= 0.6 is 0 Å². The van der Waals surface area contributed by atoms with Gasteiger partial charge in [0, 0.05) is 22.9 Å². The Morgan fingerprint density at radius 2 is 1.97 bits per heavy atom. The van der Waals surface area contributed by atoms with Crippen molar-refractivity contribution in [3.05, 3.63) is 71.3 Å². The predicted molar refractivity (Wildman–Crippen MR) is 126 cm³/mol. The summed E-state index contributed by atoms with van der Waals surface area (Å²) in [5.74, 6) is 0.404. The molecule has 0 aliphatic rings. The molecule has 0 saturated heterocycles. The fourth-order valence-electron chi connectivity index (χ4n) is 3.19. The Kier molecular flexibility index (Phi) is 6.98. The standard InChI is InChI=1S/C24H26N8O/c1-24(2,3)21-10-6-8-16(29-21)13-28-14-20(32-27)19-11-18(30-23(26)31-19)17-9-5-7-15(12-25)22(17)33-4/h5-11,14,27-28H,13H2,1-4H3,(H2,26,30,31)/b20-14-,32-27?. The van der Waals surface area contributed by atoms with Gasteiger partial charge < -0.3 is 15.8 Å². The summed E-state index contributed by atoms with van der Waals surface area (Å²) < 4.78 is 5.42. The largest absolute Gasteiger partial charge is 0.495 e. The maximum Gasteiger partial charge on any atom is 0.221 e. The van der Waals surface area contributed by atoms with Crippen LogP contribution in [0.2, 0.25) is 0 Å². The second-order valence-electron chi connectivity index (χ2n) is 8.28. The molecule has 9 heteroatoms. The lowest BCUT2D eigenvalue weighted by Crippen LogP contribution is -2.16. The highest BCUT2D eigenvalue weighted by Crippen LogP contribution is 2.33. The number of ether oxygens (including phenoxy) is 1. The number of nitrogens with zero attached hydrogens (tertiary/aromatic N) is 5. The van der Waals surface area contributed by atoms with E-state index < -0.39 is 0 Å². The van der Waals surface area contributed by atoms with Gasteiger partial charge in [-0.1, -0.05) is 32.9 Å². The summed E-state index contributed by atoms with van der Waals surface area (Å²) in [6.07, 6.45) is 1.59. The number of methoxy groups -OCH3 is 1. The van der Waals surface area contributed by atoms with E-state index in [1.165, 1.54) is 7.11 Å². The molecule has 0 bridgehead atoms. The Hall–Kier alpha value is -4.32. The zero-order chi connectivity index (χ0) is 24.0. The molecule has 0 spiro atoms. The third-order valence-corrected chi connectivity index (χ3v) is 4.84. The number of nitrogens with one attached hydrogen (secondary N) is 2. The number of nitriles is 1. The van der Waals surface area contributed by atoms with E-state index in [-0.39, 0.29) is 17.1 Å². The van der Waals surface area contributed by atoms with Crippen molar-refractivity contribution in [1.29, 1.82) is 10.8 Å². The maximum atomic E-state index is 9.36. The molecule has 1 aromatic carbocycles. The van der Waals surface area contributed by atoms with Gasteiger partial charge in [0.25, 0.3) is 0 Å². The zero-order valence-electron chi connectivity index (χ0n) is 19.0. The maximum absolute atomic E-state index is 9.36. The highest BCUT2D eigenvalue weighted by Gasteiger charge is 2.16. The van der Waals surface area contributed by atoms with Crippen LogP contribution in [0, 0.1) is 16.9 Å². The number of pyridine rings is 1. The van der Waals surface area contributed by atoms with Crippen LogP contribution in [0.15, 0.2) is 53.8 Å². The number of rotatable bonds is 7. The number of para-hydroxylation sites is 1. The first-order valence-electron chi connectivity index (χ1n) is 10.3. The molecule has 2 aromatic heterocycles. The van der Waals surface area contributed by atoms with E-state index in [1.54, 1.807) is 30.5 Å². The smallest absolute Gasteiger partial charge is 0.221 e. The van der Waals surface area contributed by atoms with Gasteiger partial charge >= 0.3 is 0 Å². The summed E-state index contributed by atoms with van der Waals surface area (Å²) in [7, 11) is 1.49. The monoisotopic (exact) mass is 442 g/mol. The Bertz CT molecular complexity index is 1240. The highest BCUT2D eigenvalue weighted by atomic mass is 16.5. The van der Waals surface area contributed by atoms with E-state index in [1.807, 2.05) is 18.2 Å². The molecular formula is C24H26N8O. The summed E-state index contributed by atoms with van der Waals surface area (Å²) >= 11 is 0. The van der Waals surface area contributed by atoms with Crippen molar-refractivity contribution in [1.82, 2.24) is 20.3 Å². The topological polar surface area (TPSA) is 146 Å². The van der Waals surface area contributed by atoms with Gasteiger partial charge in [-0.25, -0.2) is 15.5 Å². The van der Waals surface area contributed by atoms with Gasteiger partial charge in [-0.3, -0.25) is 4.98 Å². The molecular weight excluding hydrogens is 416 g/mol. The van der Waals surface area contributed by atoms with Crippen LogP contribution in [0.4, 0.5) is 5.95 Å². The van der Waals surface area contributed by atoms with Crippen LogP contribution < -0.4 is 15.8 Å². The summed E-state index contributed by atoms with van der Waals surface area (Å²) in [6.45, 7) is 6.79. The number of anilines is 1. The number of aromatic nitrogens is 3. The third-order valence-electron chi connectivity index (χ3n) is 4.84. The van der Waals surface area contributed by atoms with Crippen molar-refractivity contribution in [2.24, 2.45) is 5.11 Å². The van der Waals surface area contributed by atoms with Gasteiger partial charge in [0.1, 0.15) is 17.5 Å². The Morgan fingerprint density at radius 1 is 1.21 bits per heavy atom. The molecule has 0 fully saturated rings. The molecule has 0 aliphatic carbocycles.